The number of benzene rings is 1. The zero-order chi connectivity index (χ0) is 20.2. The summed E-state index contributed by atoms with van der Waals surface area (Å²) in [4.78, 5) is 15.4. The number of nitrogens with one attached hydrogen (secondary N) is 2. The number of alkyl halides is 6. The first-order valence-electron chi connectivity index (χ1n) is 6.99. The molecular weight excluding hydrogens is 392 g/mol. The molecule has 0 aromatic heterocycles. The minimum atomic E-state index is -6.09. The minimum Gasteiger partial charge on any atom is -0.346 e. The molecule has 146 valence electrons. The van der Waals surface area contributed by atoms with E-state index in [-0.39, 0.29) is 5.69 Å². The van der Waals surface area contributed by atoms with Crippen molar-refractivity contribution in [1.29, 1.82) is 0 Å². The smallest absolute Gasteiger partial charge is 0.346 e. The van der Waals surface area contributed by atoms with Gasteiger partial charge in [0.1, 0.15) is 5.17 Å². The second-order valence-electron chi connectivity index (χ2n) is 5.28. The van der Waals surface area contributed by atoms with E-state index in [1.165, 1.54) is 44.2 Å². The summed E-state index contributed by atoms with van der Waals surface area (Å²) in [6, 6.07) is 5.08. The molecule has 0 heterocycles. The Morgan fingerprint density at radius 2 is 1.58 bits per heavy atom. The number of hydrogen-bond acceptors (Lipinski definition) is 3. The van der Waals surface area contributed by atoms with Gasteiger partial charge >= 0.3 is 24.1 Å². The Bertz CT molecular complexity index is 632. The van der Waals surface area contributed by atoms with Gasteiger partial charge in [-0.05, 0) is 12.1 Å². The summed E-state index contributed by atoms with van der Waals surface area (Å²) in [6.45, 7) is 2.74. The van der Waals surface area contributed by atoms with E-state index in [1.807, 2.05) is 5.32 Å². The van der Waals surface area contributed by atoms with E-state index in [4.69, 9.17) is 11.6 Å². The third-order valence-electron chi connectivity index (χ3n) is 2.87. The van der Waals surface area contributed by atoms with Crippen LogP contribution in [0.5, 0.6) is 0 Å². The molecule has 0 spiro atoms. The van der Waals surface area contributed by atoms with Gasteiger partial charge in [-0.15, -0.1) is 0 Å². The second kappa shape index (κ2) is 8.02. The third kappa shape index (κ3) is 5.16. The number of hydrogen-bond donors (Lipinski definition) is 2. The summed E-state index contributed by atoms with van der Waals surface area (Å²) in [5, 5.41) is 4.65. The largest absolute Gasteiger partial charge is 0.461 e. The fourth-order valence-electron chi connectivity index (χ4n) is 1.49. The van der Waals surface area contributed by atoms with Crippen LogP contribution in [-0.4, -0.2) is 29.3 Å². The van der Waals surface area contributed by atoms with Gasteiger partial charge in [-0.25, -0.2) is 4.79 Å². The topological polar surface area (TPSA) is 62.7 Å². The number of carbonyl (C=O) groups excluding carboxylic acids is 1. The van der Waals surface area contributed by atoms with Crippen LogP contribution in [0, 0.1) is 5.92 Å². The number of para-hydroxylation sites is 1. The van der Waals surface area contributed by atoms with Crippen molar-refractivity contribution >= 4 is 28.5 Å². The lowest BCUT2D eigenvalue weighted by atomic mass is 10.2. The Morgan fingerprint density at radius 3 is 2.00 bits per heavy atom. The lowest BCUT2D eigenvalue weighted by molar-refractivity contribution is -0.388. The van der Waals surface area contributed by atoms with Crippen molar-refractivity contribution in [2.75, 3.05) is 5.32 Å². The van der Waals surface area contributed by atoms with Crippen LogP contribution >= 0.6 is 11.6 Å². The SMILES string of the molecule is CC(C)/C(Cl)=N\OC(NC(=O)Nc1ccccc1)(C(F)(F)F)C(F)(F)F. The molecule has 2 amide bonds. The van der Waals surface area contributed by atoms with Crippen LogP contribution in [0.2, 0.25) is 0 Å². The molecule has 5 nitrogen and oxygen atoms in total. The summed E-state index contributed by atoms with van der Waals surface area (Å²) in [5.74, 6) is -0.700. The minimum absolute atomic E-state index is 0.0352. The molecule has 0 saturated carbocycles. The highest BCUT2D eigenvalue weighted by Crippen LogP contribution is 2.44. The number of carbonyl (C=O) groups is 1. The van der Waals surface area contributed by atoms with Crippen LogP contribution in [0.15, 0.2) is 35.5 Å². The van der Waals surface area contributed by atoms with Gasteiger partial charge in [-0.1, -0.05) is 48.8 Å². The molecular formula is C14H14ClF6N3O2. The number of amides is 2. The van der Waals surface area contributed by atoms with E-state index in [0.29, 0.717) is 0 Å². The van der Waals surface area contributed by atoms with Crippen molar-refractivity contribution in [3.63, 3.8) is 0 Å². The average Bonchev–Trinajstić information content (AvgIpc) is 2.49. The molecule has 0 fully saturated rings. The van der Waals surface area contributed by atoms with Gasteiger partial charge in [0, 0.05) is 11.6 Å². The first-order chi connectivity index (χ1) is 11.8. The van der Waals surface area contributed by atoms with Crippen molar-refractivity contribution in [3.05, 3.63) is 30.3 Å². The van der Waals surface area contributed by atoms with Crippen molar-refractivity contribution in [1.82, 2.24) is 5.32 Å². The molecule has 1 aromatic rings. The lowest BCUT2D eigenvalue weighted by Crippen LogP contribution is -2.69. The maximum atomic E-state index is 13.2. The molecule has 0 saturated heterocycles. The molecule has 1 rings (SSSR count). The average molecular weight is 406 g/mol. The van der Waals surface area contributed by atoms with Crippen LogP contribution in [0.1, 0.15) is 13.8 Å². The quantitative estimate of drug-likeness (QED) is 0.318. The molecule has 0 aliphatic heterocycles. The monoisotopic (exact) mass is 405 g/mol. The van der Waals surface area contributed by atoms with E-state index in [0.717, 1.165) is 5.32 Å². The Labute approximate surface area is 149 Å². The van der Waals surface area contributed by atoms with Crippen LogP contribution in [-0.2, 0) is 4.84 Å². The molecule has 1 aromatic carbocycles. The number of nitrogens with zero attached hydrogens (tertiary/aromatic N) is 1. The highest BCUT2D eigenvalue weighted by molar-refractivity contribution is 6.65. The summed E-state index contributed by atoms with van der Waals surface area (Å²) >= 11 is 5.45. The van der Waals surface area contributed by atoms with Gasteiger partial charge in [0.15, 0.2) is 0 Å². The van der Waals surface area contributed by atoms with E-state index in [9.17, 15) is 31.1 Å². The fourth-order valence-corrected chi connectivity index (χ4v) is 1.52. The maximum absolute atomic E-state index is 13.2. The fraction of sp³-hybridized carbons (Fsp3) is 0.429. The number of anilines is 1. The number of urea groups is 1. The maximum Gasteiger partial charge on any atom is 0.461 e. The molecule has 0 unspecified atom stereocenters. The Morgan fingerprint density at radius 1 is 1.08 bits per heavy atom. The van der Waals surface area contributed by atoms with Gasteiger partial charge in [-0.3, -0.25) is 5.32 Å². The Kier molecular flexibility index (Phi) is 6.75. The van der Waals surface area contributed by atoms with Crippen molar-refractivity contribution in [3.8, 4) is 0 Å². The normalized spacial score (nSPS) is 13.5. The van der Waals surface area contributed by atoms with E-state index in [2.05, 4.69) is 9.99 Å². The number of oxime groups is 1. The molecule has 0 aliphatic carbocycles. The summed E-state index contributed by atoms with van der Waals surface area (Å²) < 4.78 is 79.3. The van der Waals surface area contributed by atoms with E-state index in [1.54, 1.807) is 0 Å². The van der Waals surface area contributed by atoms with Gasteiger partial charge in [0.25, 0.3) is 0 Å². The first-order valence-corrected chi connectivity index (χ1v) is 7.37. The second-order valence-corrected chi connectivity index (χ2v) is 5.67. The Balaban J connectivity index is 3.21. The van der Waals surface area contributed by atoms with Gasteiger partial charge in [0.05, 0.1) is 0 Å². The third-order valence-corrected chi connectivity index (χ3v) is 3.37. The van der Waals surface area contributed by atoms with E-state index >= 15 is 0 Å². The molecule has 26 heavy (non-hydrogen) atoms. The molecule has 2 N–H and O–H groups in total. The van der Waals surface area contributed by atoms with Crippen LogP contribution in [0.25, 0.3) is 0 Å². The Hall–Kier alpha value is -2.17. The van der Waals surface area contributed by atoms with Gasteiger partial charge < -0.3 is 10.2 Å². The number of halogens is 7. The predicted molar refractivity (Wildman–Crippen MR) is 82.6 cm³/mol. The molecule has 12 heteroatoms. The number of rotatable bonds is 5. The highest BCUT2D eigenvalue weighted by atomic mass is 35.5. The van der Waals surface area contributed by atoms with Crippen LogP contribution in [0.3, 0.4) is 0 Å². The van der Waals surface area contributed by atoms with Gasteiger partial charge in [-0.2, -0.15) is 26.3 Å². The van der Waals surface area contributed by atoms with Crippen LogP contribution in [0.4, 0.5) is 36.8 Å². The predicted octanol–water partition coefficient (Wildman–Crippen LogP) is 4.85. The van der Waals surface area contributed by atoms with Crippen LogP contribution < -0.4 is 10.6 Å². The zero-order valence-corrected chi connectivity index (χ0v) is 14.1. The lowest BCUT2D eigenvalue weighted by Gasteiger charge is -2.34. The van der Waals surface area contributed by atoms with Crippen molar-refractivity contribution < 1.29 is 36.0 Å². The summed E-state index contributed by atoms with van der Waals surface area (Å²) in [6.07, 6.45) is -12.2. The molecule has 0 atom stereocenters. The van der Waals surface area contributed by atoms with Gasteiger partial charge in [0.2, 0.25) is 0 Å². The molecule has 0 aliphatic rings. The van der Waals surface area contributed by atoms with Crippen molar-refractivity contribution in [2.24, 2.45) is 11.1 Å². The zero-order valence-electron chi connectivity index (χ0n) is 13.4. The molecule has 0 bridgehead atoms. The standard InChI is InChI=1S/C14H14ClF6N3O2/c1-8(2)10(15)24-26-12(13(16,17)18,14(19,20)21)23-11(25)22-9-6-4-3-5-7-9/h3-8H,1-2H3,(H2,22,23,25)/b24-10+. The molecule has 0 radical (unpaired) electrons. The van der Waals surface area contributed by atoms with Crippen molar-refractivity contribution in [2.45, 2.75) is 31.9 Å². The first kappa shape index (κ1) is 21.9. The summed E-state index contributed by atoms with van der Waals surface area (Å²) in [7, 11) is 0. The highest BCUT2D eigenvalue weighted by Gasteiger charge is 2.76. The summed E-state index contributed by atoms with van der Waals surface area (Å²) in [5.41, 5.74) is -5.12. The van der Waals surface area contributed by atoms with E-state index < -0.39 is 35.2 Å².